The standard InChI is InChI=1S/C10H7BrClN3O/c1-6-2-9(15-10(12)14-6)16-8-3-7(11)4-13-5-8/h2-5H,1H3. The fourth-order valence-corrected chi connectivity index (χ4v) is 1.69. The highest BCUT2D eigenvalue weighted by Crippen LogP contribution is 2.22. The van der Waals surface area contributed by atoms with Crippen LogP contribution in [0.2, 0.25) is 5.28 Å². The van der Waals surface area contributed by atoms with Gasteiger partial charge in [0.25, 0.3) is 0 Å². The molecule has 0 N–H and O–H groups in total. The first-order valence-corrected chi connectivity index (χ1v) is 5.60. The van der Waals surface area contributed by atoms with Gasteiger partial charge < -0.3 is 4.74 Å². The maximum absolute atomic E-state index is 5.72. The molecule has 0 saturated carbocycles. The van der Waals surface area contributed by atoms with Crippen LogP contribution in [-0.2, 0) is 0 Å². The summed E-state index contributed by atoms with van der Waals surface area (Å²) in [6.07, 6.45) is 3.27. The van der Waals surface area contributed by atoms with Crippen LogP contribution in [0.25, 0.3) is 0 Å². The molecule has 82 valence electrons. The Hall–Kier alpha value is -1.20. The Morgan fingerprint density at radius 2 is 2.06 bits per heavy atom. The van der Waals surface area contributed by atoms with Crippen LogP contribution in [0, 0.1) is 6.92 Å². The first kappa shape index (κ1) is 11.3. The highest BCUT2D eigenvalue weighted by molar-refractivity contribution is 9.10. The number of rotatable bonds is 2. The van der Waals surface area contributed by atoms with Gasteiger partial charge in [0.2, 0.25) is 11.2 Å². The van der Waals surface area contributed by atoms with Crippen LogP contribution in [0.4, 0.5) is 0 Å². The number of aryl methyl sites for hydroxylation is 1. The van der Waals surface area contributed by atoms with Gasteiger partial charge in [-0.2, -0.15) is 4.98 Å². The number of halogens is 2. The monoisotopic (exact) mass is 299 g/mol. The molecule has 0 aliphatic heterocycles. The van der Waals surface area contributed by atoms with E-state index in [1.54, 1.807) is 24.5 Å². The minimum atomic E-state index is 0.165. The van der Waals surface area contributed by atoms with Crippen molar-refractivity contribution in [3.8, 4) is 11.6 Å². The predicted molar refractivity (Wildman–Crippen MR) is 63.8 cm³/mol. The molecule has 0 atom stereocenters. The van der Waals surface area contributed by atoms with Gasteiger partial charge in [-0.25, -0.2) is 4.98 Å². The second kappa shape index (κ2) is 4.76. The van der Waals surface area contributed by atoms with Crippen LogP contribution in [-0.4, -0.2) is 15.0 Å². The molecular formula is C10H7BrClN3O. The van der Waals surface area contributed by atoms with Crippen molar-refractivity contribution in [2.24, 2.45) is 0 Å². The van der Waals surface area contributed by atoms with Crippen LogP contribution in [0.1, 0.15) is 5.69 Å². The third-order valence-corrected chi connectivity index (χ3v) is 2.31. The van der Waals surface area contributed by atoms with Crippen LogP contribution in [0.5, 0.6) is 11.6 Å². The molecule has 0 aliphatic rings. The molecule has 0 spiro atoms. The Balaban J connectivity index is 2.27. The summed E-state index contributed by atoms with van der Waals surface area (Å²) in [6, 6.07) is 3.49. The van der Waals surface area contributed by atoms with Crippen molar-refractivity contribution in [2.75, 3.05) is 0 Å². The van der Waals surface area contributed by atoms with E-state index in [1.165, 1.54) is 0 Å². The van der Waals surface area contributed by atoms with Gasteiger partial charge in [0, 0.05) is 22.4 Å². The van der Waals surface area contributed by atoms with Crippen LogP contribution in [0.3, 0.4) is 0 Å². The average molecular weight is 301 g/mol. The van der Waals surface area contributed by atoms with Crippen molar-refractivity contribution in [1.82, 2.24) is 15.0 Å². The van der Waals surface area contributed by atoms with Gasteiger partial charge in [-0.15, -0.1) is 0 Å². The molecule has 0 saturated heterocycles. The highest BCUT2D eigenvalue weighted by atomic mass is 79.9. The molecule has 6 heteroatoms. The zero-order valence-electron chi connectivity index (χ0n) is 8.32. The largest absolute Gasteiger partial charge is 0.437 e. The lowest BCUT2D eigenvalue weighted by Gasteiger charge is -2.05. The molecule has 16 heavy (non-hydrogen) atoms. The molecule has 0 bridgehead atoms. The third-order valence-electron chi connectivity index (χ3n) is 1.71. The number of ether oxygens (including phenoxy) is 1. The number of nitrogens with zero attached hydrogens (tertiary/aromatic N) is 3. The average Bonchev–Trinajstić information content (AvgIpc) is 2.15. The zero-order valence-corrected chi connectivity index (χ0v) is 10.7. The first-order chi connectivity index (χ1) is 7.63. The number of aromatic nitrogens is 3. The minimum Gasteiger partial charge on any atom is -0.437 e. The summed E-state index contributed by atoms with van der Waals surface area (Å²) >= 11 is 9.02. The second-order valence-corrected chi connectivity index (χ2v) is 4.31. The highest BCUT2D eigenvalue weighted by Gasteiger charge is 2.03. The lowest BCUT2D eigenvalue weighted by molar-refractivity contribution is 0.458. The Bertz CT molecular complexity index is 501. The van der Waals surface area contributed by atoms with Crippen molar-refractivity contribution in [1.29, 1.82) is 0 Å². The normalized spacial score (nSPS) is 10.2. The summed E-state index contributed by atoms with van der Waals surface area (Å²) in [5.41, 5.74) is 0.748. The Kier molecular flexibility index (Phi) is 3.36. The maximum atomic E-state index is 5.72. The summed E-state index contributed by atoms with van der Waals surface area (Å²) in [5, 5.41) is 0.165. The molecule has 0 fully saturated rings. The maximum Gasteiger partial charge on any atom is 0.225 e. The summed E-state index contributed by atoms with van der Waals surface area (Å²) in [7, 11) is 0. The SMILES string of the molecule is Cc1cc(Oc2cncc(Br)c2)nc(Cl)n1. The molecule has 0 aliphatic carbocycles. The van der Waals surface area contributed by atoms with Gasteiger partial charge >= 0.3 is 0 Å². The predicted octanol–water partition coefficient (Wildman–Crippen LogP) is 3.39. The lowest BCUT2D eigenvalue weighted by Crippen LogP contribution is -1.92. The smallest absolute Gasteiger partial charge is 0.225 e. The summed E-state index contributed by atoms with van der Waals surface area (Å²) in [4.78, 5) is 11.9. The molecule has 2 aromatic heterocycles. The van der Waals surface area contributed by atoms with Gasteiger partial charge in [0.1, 0.15) is 5.75 Å². The quantitative estimate of drug-likeness (QED) is 0.798. The Morgan fingerprint density at radius 3 is 2.75 bits per heavy atom. The molecule has 2 rings (SSSR count). The fraction of sp³-hybridized carbons (Fsp3) is 0.100. The second-order valence-electron chi connectivity index (χ2n) is 3.06. The molecule has 0 aromatic carbocycles. The van der Waals surface area contributed by atoms with Crippen molar-refractivity contribution in [3.05, 3.63) is 40.0 Å². The third kappa shape index (κ3) is 2.90. The summed E-state index contributed by atoms with van der Waals surface area (Å²) in [6.45, 7) is 1.82. The van der Waals surface area contributed by atoms with Crippen LogP contribution < -0.4 is 4.74 Å². The van der Waals surface area contributed by atoms with E-state index in [0.717, 1.165) is 10.2 Å². The number of hydrogen-bond acceptors (Lipinski definition) is 4. The Morgan fingerprint density at radius 1 is 1.25 bits per heavy atom. The van der Waals surface area contributed by atoms with E-state index in [-0.39, 0.29) is 5.28 Å². The lowest BCUT2D eigenvalue weighted by atomic mass is 10.4. The number of pyridine rings is 1. The molecule has 0 radical (unpaired) electrons. The summed E-state index contributed by atoms with van der Waals surface area (Å²) in [5.74, 6) is 0.987. The molecule has 2 heterocycles. The molecule has 4 nitrogen and oxygen atoms in total. The zero-order chi connectivity index (χ0) is 11.5. The first-order valence-electron chi connectivity index (χ1n) is 4.43. The van der Waals surface area contributed by atoms with Crippen molar-refractivity contribution >= 4 is 27.5 Å². The van der Waals surface area contributed by atoms with Crippen molar-refractivity contribution in [3.63, 3.8) is 0 Å². The van der Waals surface area contributed by atoms with Gasteiger partial charge in [0.15, 0.2) is 0 Å². The Labute approximate surface area is 106 Å². The van der Waals surface area contributed by atoms with E-state index < -0.39 is 0 Å². The number of hydrogen-bond donors (Lipinski definition) is 0. The van der Waals surface area contributed by atoms with Gasteiger partial charge in [-0.05, 0) is 40.5 Å². The summed E-state index contributed by atoms with van der Waals surface area (Å²) < 4.78 is 6.33. The van der Waals surface area contributed by atoms with E-state index in [4.69, 9.17) is 16.3 Å². The van der Waals surface area contributed by atoms with E-state index in [2.05, 4.69) is 30.9 Å². The molecular weight excluding hydrogens is 293 g/mol. The van der Waals surface area contributed by atoms with Crippen LogP contribution >= 0.6 is 27.5 Å². The van der Waals surface area contributed by atoms with Gasteiger partial charge in [-0.3, -0.25) is 4.98 Å². The van der Waals surface area contributed by atoms with E-state index in [0.29, 0.717) is 11.6 Å². The molecule has 0 unspecified atom stereocenters. The van der Waals surface area contributed by atoms with Crippen LogP contribution in [0.15, 0.2) is 29.0 Å². The topological polar surface area (TPSA) is 47.9 Å². The fourth-order valence-electron chi connectivity index (χ4n) is 1.13. The van der Waals surface area contributed by atoms with E-state index >= 15 is 0 Å². The van der Waals surface area contributed by atoms with Gasteiger partial charge in [0.05, 0.1) is 6.20 Å². The van der Waals surface area contributed by atoms with E-state index in [9.17, 15) is 0 Å². The van der Waals surface area contributed by atoms with Crippen molar-refractivity contribution < 1.29 is 4.74 Å². The van der Waals surface area contributed by atoms with Crippen molar-refractivity contribution in [2.45, 2.75) is 6.92 Å². The van der Waals surface area contributed by atoms with E-state index in [1.807, 2.05) is 6.92 Å². The molecule has 0 amide bonds. The minimum absolute atomic E-state index is 0.165. The molecule has 2 aromatic rings. The van der Waals surface area contributed by atoms with Gasteiger partial charge in [-0.1, -0.05) is 0 Å².